The van der Waals surface area contributed by atoms with Gasteiger partial charge in [0.25, 0.3) is 0 Å². The third-order valence-corrected chi connectivity index (χ3v) is 3.19. The van der Waals surface area contributed by atoms with Gasteiger partial charge in [0.15, 0.2) is 0 Å². The predicted octanol–water partition coefficient (Wildman–Crippen LogP) is 4.66. The molecule has 2 rings (SSSR count). The van der Waals surface area contributed by atoms with Gasteiger partial charge >= 0.3 is 6.18 Å². The van der Waals surface area contributed by atoms with Crippen LogP contribution in [0, 0.1) is 6.07 Å². The summed E-state index contributed by atoms with van der Waals surface area (Å²) in [6.07, 6.45) is -4.31. The summed E-state index contributed by atoms with van der Waals surface area (Å²) < 4.78 is 38.2. The third kappa shape index (κ3) is 3.03. The van der Waals surface area contributed by atoms with Crippen LogP contribution in [-0.4, -0.2) is 0 Å². The van der Waals surface area contributed by atoms with Gasteiger partial charge in [-0.2, -0.15) is 13.2 Å². The number of halogens is 3. The summed E-state index contributed by atoms with van der Waals surface area (Å²) >= 11 is 1.10. The van der Waals surface area contributed by atoms with Gasteiger partial charge in [-0.1, -0.05) is 36.0 Å². The zero-order chi connectivity index (χ0) is 12.3. The summed E-state index contributed by atoms with van der Waals surface area (Å²) in [5, 5.41) is 0. The fourth-order valence-electron chi connectivity index (χ4n) is 1.36. The van der Waals surface area contributed by atoms with Crippen molar-refractivity contribution in [1.29, 1.82) is 0 Å². The molecule has 0 aromatic heterocycles. The van der Waals surface area contributed by atoms with Crippen molar-refractivity contribution in [3.05, 3.63) is 60.2 Å². The van der Waals surface area contributed by atoms with Gasteiger partial charge in [0.1, 0.15) is 0 Å². The van der Waals surface area contributed by atoms with E-state index in [1.54, 1.807) is 30.3 Å². The zero-order valence-electron chi connectivity index (χ0n) is 8.66. The smallest absolute Gasteiger partial charge is 0.166 e. The maximum absolute atomic E-state index is 12.7. The average molecular weight is 253 g/mol. The van der Waals surface area contributed by atoms with Crippen molar-refractivity contribution in [2.45, 2.75) is 16.0 Å². The highest BCUT2D eigenvalue weighted by Gasteiger charge is 2.33. The lowest BCUT2D eigenvalue weighted by Crippen LogP contribution is -2.06. The largest absolute Gasteiger partial charge is 0.417 e. The molecule has 0 aliphatic rings. The van der Waals surface area contributed by atoms with Gasteiger partial charge in [0.2, 0.25) is 0 Å². The second kappa shape index (κ2) is 4.84. The summed E-state index contributed by atoms with van der Waals surface area (Å²) in [5.41, 5.74) is -0.599. The lowest BCUT2D eigenvalue weighted by atomic mass is 10.2. The highest BCUT2D eigenvalue weighted by molar-refractivity contribution is 7.99. The summed E-state index contributed by atoms with van der Waals surface area (Å²) in [4.78, 5) is 0.978. The first kappa shape index (κ1) is 12.0. The van der Waals surface area contributed by atoms with Crippen molar-refractivity contribution in [2.75, 3.05) is 0 Å². The van der Waals surface area contributed by atoms with Crippen molar-refractivity contribution in [3.63, 3.8) is 0 Å². The Morgan fingerprint density at radius 1 is 0.941 bits per heavy atom. The molecule has 0 N–H and O–H groups in total. The molecule has 2 aromatic rings. The van der Waals surface area contributed by atoms with E-state index in [4.69, 9.17) is 0 Å². The number of hydrogen-bond donors (Lipinski definition) is 0. The lowest BCUT2D eigenvalue weighted by molar-refractivity contribution is -0.139. The Kier molecular flexibility index (Phi) is 3.43. The van der Waals surface area contributed by atoms with E-state index in [2.05, 4.69) is 6.07 Å². The van der Waals surface area contributed by atoms with E-state index < -0.39 is 11.7 Å². The summed E-state index contributed by atoms with van der Waals surface area (Å²) in [5.74, 6) is 0. The van der Waals surface area contributed by atoms with Crippen LogP contribution in [0.15, 0.2) is 58.3 Å². The van der Waals surface area contributed by atoms with Crippen LogP contribution in [0.2, 0.25) is 0 Å². The van der Waals surface area contributed by atoms with Gasteiger partial charge in [-0.25, -0.2) is 0 Å². The molecule has 0 nitrogen and oxygen atoms in total. The standard InChI is InChI=1S/C13H8F3S/c14-13(15,16)11-8-4-5-9-12(11)17-10-6-2-1-3-7-10/h2-9H. The van der Waals surface area contributed by atoms with Crippen LogP contribution in [0.3, 0.4) is 0 Å². The molecule has 0 unspecified atom stereocenters. The highest BCUT2D eigenvalue weighted by atomic mass is 32.2. The average Bonchev–Trinajstić information content (AvgIpc) is 2.30. The van der Waals surface area contributed by atoms with E-state index in [0.29, 0.717) is 0 Å². The van der Waals surface area contributed by atoms with E-state index in [-0.39, 0.29) is 4.90 Å². The van der Waals surface area contributed by atoms with Crippen molar-refractivity contribution < 1.29 is 13.2 Å². The van der Waals surface area contributed by atoms with Gasteiger partial charge in [-0.3, -0.25) is 0 Å². The Labute approximate surface area is 101 Å². The molecule has 0 spiro atoms. The molecule has 0 heterocycles. The Bertz CT molecular complexity index is 492. The molecular formula is C13H8F3S. The maximum Gasteiger partial charge on any atom is 0.417 e. The summed E-state index contributed by atoms with van der Waals surface area (Å²) in [6, 6.07) is 15.2. The van der Waals surface area contributed by atoms with E-state index >= 15 is 0 Å². The fraction of sp³-hybridized carbons (Fsp3) is 0.0769. The zero-order valence-corrected chi connectivity index (χ0v) is 9.48. The minimum atomic E-state index is -4.31. The first-order valence-corrected chi connectivity index (χ1v) is 5.69. The minimum absolute atomic E-state index is 0.214. The van der Waals surface area contributed by atoms with E-state index in [1.807, 2.05) is 0 Å². The third-order valence-electron chi connectivity index (χ3n) is 2.11. The van der Waals surface area contributed by atoms with Crippen LogP contribution in [0.5, 0.6) is 0 Å². The van der Waals surface area contributed by atoms with Crippen LogP contribution in [0.25, 0.3) is 0 Å². The molecule has 0 saturated heterocycles. The van der Waals surface area contributed by atoms with E-state index in [0.717, 1.165) is 22.7 Å². The molecule has 2 aromatic carbocycles. The Hall–Kier alpha value is -1.42. The Morgan fingerprint density at radius 2 is 1.59 bits per heavy atom. The SMILES string of the molecule is FC(F)(F)c1ccccc1Sc1cc[c]cc1. The molecule has 17 heavy (non-hydrogen) atoms. The fourth-order valence-corrected chi connectivity index (χ4v) is 2.32. The van der Waals surface area contributed by atoms with E-state index in [1.165, 1.54) is 12.1 Å². The number of rotatable bonds is 2. The molecule has 0 aliphatic carbocycles. The summed E-state index contributed by atoms with van der Waals surface area (Å²) in [6.45, 7) is 0. The number of benzene rings is 2. The van der Waals surface area contributed by atoms with Crippen LogP contribution in [0.1, 0.15) is 5.56 Å². The van der Waals surface area contributed by atoms with Crippen molar-refractivity contribution in [1.82, 2.24) is 0 Å². The minimum Gasteiger partial charge on any atom is -0.166 e. The molecule has 0 aliphatic heterocycles. The molecule has 0 amide bonds. The first-order chi connectivity index (χ1) is 8.07. The summed E-state index contributed by atoms with van der Waals surface area (Å²) in [7, 11) is 0. The Morgan fingerprint density at radius 3 is 2.24 bits per heavy atom. The van der Waals surface area contributed by atoms with Gasteiger partial charge < -0.3 is 0 Å². The van der Waals surface area contributed by atoms with Crippen molar-refractivity contribution in [2.24, 2.45) is 0 Å². The van der Waals surface area contributed by atoms with E-state index in [9.17, 15) is 13.2 Å². The molecule has 0 bridgehead atoms. The van der Waals surface area contributed by atoms with Gasteiger partial charge in [-0.15, -0.1) is 0 Å². The lowest BCUT2D eigenvalue weighted by Gasteiger charge is -2.11. The molecule has 4 heteroatoms. The Balaban J connectivity index is 2.34. The number of alkyl halides is 3. The molecule has 87 valence electrons. The van der Waals surface area contributed by atoms with Crippen molar-refractivity contribution in [3.8, 4) is 0 Å². The van der Waals surface area contributed by atoms with Gasteiger partial charge in [-0.05, 0) is 30.3 Å². The maximum atomic E-state index is 12.7. The molecule has 0 saturated carbocycles. The van der Waals surface area contributed by atoms with Crippen LogP contribution >= 0.6 is 11.8 Å². The highest BCUT2D eigenvalue weighted by Crippen LogP contribution is 2.39. The topological polar surface area (TPSA) is 0 Å². The second-order valence-corrected chi connectivity index (χ2v) is 4.45. The quantitative estimate of drug-likeness (QED) is 0.750. The van der Waals surface area contributed by atoms with Gasteiger partial charge in [0.05, 0.1) is 5.56 Å². The number of hydrogen-bond acceptors (Lipinski definition) is 1. The first-order valence-electron chi connectivity index (χ1n) is 4.87. The van der Waals surface area contributed by atoms with Crippen molar-refractivity contribution >= 4 is 11.8 Å². The predicted molar refractivity (Wildman–Crippen MR) is 60.8 cm³/mol. The van der Waals surface area contributed by atoms with Crippen LogP contribution < -0.4 is 0 Å². The van der Waals surface area contributed by atoms with Gasteiger partial charge in [0, 0.05) is 9.79 Å². The van der Waals surface area contributed by atoms with Crippen LogP contribution in [-0.2, 0) is 6.18 Å². The molecule has 0 fully saturated rings. The normalized spacial score (nSPS) is 11.5. The second-order valence-electron chi connectivity index (χ2n) is 3.33. The molecule has 0 atom stereocenters. The molecular weight excluding hydrogens is 245 g/mol. The monoisotopic (exact) mass is 253 g/mol. The van der Waals surface area contributed by atoms with Crippen LogP contribution in [0.4, 0.5) is 13.2 Å². The molecule has 1 radical (unpaired) electrons.